The largest absolute Gasteiger partial charge is 0.367 e. The number of hydrogen-bond acceptors (Lipinski definition) is 4. The second-order valence-corrected chi connectivity index (χ2v) is 4.95. The highest BCUT2D eigenvalue weighted by molar-refractivity contribution is 6.33. The monoisotopic (exact) mass is 269 g/mol. The normalized spacial score (nSPS) is 18.9. The van der Waals surface area contributed by atoms with Gasteiger partial charge in [0.05, 0.1) is 4.92 Å². The van der Waals surface area contributed by atoms with E-state index in [9.17, 15) is 10.1 Å². The van der Waals surface area contributed by atoms with E-state index in [0.717, 1.165) is 25.9 Å². The van der Waals surface area contributed by atoms with Crippen LogP contribution in [0.5, 0.6) is 0 Å². The molecule has 0 saturated carbocycles. The number of hydrogen-bond donors (Lipinski definition) is 1. The van der Waals surface area contributed by atoms with Crippen LogP contribution in [0.1, 0.15) is 12.8 Å². The zero-order chi connectivity index (χ0) is 13.1. The molecule has 1 N–H and O–H groups in total. The maximum Gasteiger partial charge on any atom is 0.310 e. The van der Waals surface area contributed by atoms with Crippen molar-refractivity contribution in [1.82, 2.24) is 5.32 Å². The Morgan fingerprint density at radius 2 is 2.39 bits per heavy atom. The molecule has 0 bridgehead atoms. The van der Waals surface area contributed by atoms with Crippen LogP contribution in [0, 0.1) is 10.1 Å². The van der Waals surface area contributed by atoms with Gasteiger partial charge in [-0.1, -0.05) is 17.7 Å². The van der Waals surface area contributed by atoms with E-state index >= 15 is 0 Å². The molecule has 1 fully saturated rings. The Kier molecular flexibility index (Phi) is 4.04. The van der Waals surface area contributed by atoms with Gasteiger partial charge in [-0.2, -0.15) is 0 Å². The Balaban J connectivity index is 2.20. The molecule has 0 spiro atoms. The fourth-order valence-corrected chi connectivity index (χ4v) is 2.57. The van der Waals surface area contributed by atoms with Gasteiger partial charge in [0, 0.05) is 19.6 Å². The van der Waals surface area contributed by atoms with Crippen molar-refractivity contribution in [2.24, 2.45) is 0 Å². The Hall–Kier alpha value is -1.33. The molecular weight excluding hydrogens is 254 g/mol. The number of rotatable bonds is 4. The number of para-hydroxylation sites is 1. The molecule has 1 heterocycles. The van der Waals surface area contributed by atoms with Gasteiger partial charge in [-0.3, -0.25) is 10.1 Å². The quantitative estimate of drug-likeness (QED) is 0.674. The Morgan fingerprint density at radius 3 is 3.00 bits per heavy atom. The summed E-state index contributed by atoms with van der Waals surface area (Å²) in [6.45, 7) is 1.78. The maximum absolute atomic E-state index is 11.1. The highest BCUT2D eigenvalue weighted by Crippen LogP contribution is 2.34. The first-order valence-corrected chi connectivity index (χ1v) is 6.35. The van der Waals surface area contributed by atoms with E-state index in [4.69, 9.17) is 11.6 Å². The van der Waals surface area contributed by atoms with Gasteiger partial charge in [-0.15, -0.1) is 0 Å². The second kappa shape index (κ2) is 5.54. The minimum absolute atomic E-state index is 0.0142. The number of nitro benzene ring substituents is 1. The zero-order valence-corrected chi connectivity index (χ0v) is 11.0. The van der Waals surface area contributed by atoms with Crippen LogP contribution >= 0.6 is 11.6 Å². The lowest BCUT2D eigenvalue weighted by molar-refractivity contribution is -0.384. The van der Waals surface area contributed by atoms with Gasteiger partial charge in [0.1, 0.15) is 10.7 Å². The average molecular weight is 270 g/mol. The van der Waals surface area contributed by atoms with Gasteiger partial charge in [-0.25, -0.2) is 0 Å². The van der Waals surface area contributed by atoms with E-state index in [2.05, 4.69) is 5.32 Å². The van der Waals surface area contributed by atoms with E-state index in [-0.39, 0.29) is 10.7 Å². The summed E-state index contributed by atoms with van der Waals surface area (Å²) < 4.78 is 0. The summed E-state index contributed by atoms with van der Waals surface area (Å²) in [7, 11) is 1.86. The molecule has 18 heavy (non-hydrogen) atoms. The summed E-state index contributed by atoms with van der Waals surface area (Å²) >= 11 is 5.90. The molecule has 1 aromatic rings. The lowest BCUT2D eigenvalue weighted by Gasteiger charge is -2.23. The van der Waals surface area contributed by atoms with Crippen LogP contribution in [-0.2, 0) is 0 Å². The zero-order valence-electron chi connectivity index (χ0n) is 10.2. The fourth-order valence-electron chi connectivity index (χ4n) is 2.33. The van der Waals surface area contributed by atoms with Crippen LogP contribution in [0.25, 0.3) is 0 Å². The van der Waals surface area contributed by atoms with Crippen LogP contribution in [0.3, 0.4) is 0 Å². The lowest BCUT2D eigenvalue weighted by Crippen LogP contribution is -2.35. The number of nitrogens with zero attached hydrogens (tertiary/aromatic N) is 2. The van der Waals surface area contributed by atoms with E-state index in [1.807, 2.05) is 11.9 Å². The van der Waals surface area contributed by atoms with Gasteiger partial charge in [-0.05, 0) is 31.5 Å². The van der Waals surface area contributed by atoms with Crippen molar-refractivity contribution >= 4 is 23.0 Å². The molecule has 0 radical (unpaired) electrons. The number of halogens is 1. The molecule has 0 amide bonds. The van der Waals surface area contributed by atoms with E-state index in [0.29, 0.717) is 11.7 Å². The molecule has 1 aliphatic heterocycles. The Labute approximate surface area is 111 Å². The van der Waals surface area contributed by atoms with Gasteiger partial charge >= 0.3 is 5.69 Å². The van der Waals surface area contributed by atoms with Crippen LogP contribution in [-0.4, -0.2) is 31.1 Å². The lowest BCUT2D eigenvalue weighted by atomic mass is 10.2. The van der Waals surface area contributed by atoms with Crippen molar-refractivity contribution in [3.63, 3.8) is 0 Å². The SMILES string of the molecule is CN(CC1CCCN1)c1cccc(Cl)c1[N+](=O)[O-]. The van der Waals surface area contributed by atoms with Crippen LogP contribution in [0.4, 0.5) is 11.4 Å². The second-order valence-electron chi connectivity index (χ2n) is 4.54. The molecular formula is C12H16ClN3O2. The molecule has 1 aromatic carbocycles. The molecule has 6 heteroatoms. The molecule has 1 aliphatic rings. The van der Waals surface area contributed by atoms with Crippen LogP contribution in [0.2, 0.25) is 5.02 Å². The van der Waals surface area contributed by atoms with Gasteiger partial charge in [0.2, 0.25) is 0 Å². The summed E-state index contributed by atoms with van der Waals surface area (Å²) in [6, 6.07) is 5.42. The minimum atomic E-state index is -0.420. The molecule has 2 rings (SSSR count). The molecule has 98 valence electrons. The summed E-state index contributed by atoms with van der Waals surface area (Å²) in [6.07, 6.45) is 2.27. The topological polar surface area (TPSA) is 58.4 Å². The van der Waals surface area contributed by atoms with E-state index in [1.54, 1.807) is 18.2 Å². The van der Waals surface area contributed by atoms with Crippen molar-refractivity contribution in [3.05, 3.63) is 33.3 Å². The first-order valence-electron chi connectivity index (χ1n) is 5.97. The highest BCUT2D eigenvalue weighted by atomic mass is 35.5. The van der Waals surface area contributed by atoms with Crippen molar-refractivity contribution in [2.75, 3.05) is 25.0 Å². The van der Waals surface area contributed by atoms with Crippen LogP contribution in [0.15, 0.2) is 18.2 Å². The number of likely N-dealkylation sites (N-methyl/N-ethyl adjacent to an activating group) is 1. The first kappa shape index (κ1) is 13.1. The summed E-state index contributed by atoms with van der Waals surface area (Å²) in [5.74, 6) is 0. The molecule has 1 saturated heterocycles. The van der Waals surface area contributed by atoms with Gasteiger partial charge in [0.25, 0.3) is 0 Å². The minimum Gasteiger partial charge on any atom is -0.367 e. The highest BCUT2D eigenvalue weighted by Gasteiger charge is 2.23. The summed E-state index contributed by atoms with van der Waals surface area (Å²) in [5.41, 5.74) is 0.556. The van der Waals surface area contributed by atoms with Crippen molar-refractivity contribution in [2.45, 2.75) is 18.9 Å². The van der Waals surface area contributed by atoms with E-state index < -0.39 is 4.92 Å². The third-order valence-electron chi connectivity index (χ3n) is 3.22. The Morgan fingerprint density at radius 1 is 1.61 bits per heavy atom. The third-order valence-corrected chi connectivity index (χ3v) is 3.52. The Bertz CT molecular complexity index is 447. The van der Waals surface area contributed by atoms with Gasteiger partial charge < -0.3 is 10.2 Å². The van der Waals surface area contributed by atoms with Crippen molar-refractivity contribution in [3.8, 4) is 0 Å². The average Bonchev–Trinajstić information content (AvgIpc) is 2.80. The fraction of sp³-hybridized carbons (Fsp3) is 0.500. The van der Waals surface area contributed by atoms with Gasteiger partial charge in [0.15, 0.2) is 0 Å². The molecule has 0 aromatic heterocycles. The third kappa shape index (κ3) is 2.73. The number of benzene rings is 1. The standard InChI is InChI=1S/C12H16ClN3O2/c1-15(8-9-4-3-7-14-9)11-6-2-5-10(13)12(11)16(17)18/h2,5-6,9,14H,3-4,7-8H2,1H3. The van der Waals surface area contributed by atoms with Crippen molar-refractivity contribution in [1.29, 1.82) is 0 Å². The first-order chi connectivity index (χ1) is 8.59. The summed E-state index contributed by atoms with van der Waals surface area (Å²) in [4.78, 5) is 12.5. The number of nitrogens with one attached hydrogen (secondary N) is 1. The molecule has 0 aliphatic carbocycles. The molecule has 5 nitrogen and oxygen atoms in total. The summed E-state index contributed by atoms with van der Waals surface area (Å²) in [5, 5.41) is 14.6. The number of anilines is 1. The van der Waals surface area contributed by atoms with Crippen molar-refractivity contribution < 1.29 is 4.92 Å². The smallest absolute Gasteiger partial charge is 0.310 e. The number of nitro groups is 1. The molecule has 1 atom stereocenters. The maximum atomic E-state index is 11.1. The molecule has 1 unspecified atom stereocenters. The van der Waals surface area contributed by atoms with E-state index in [1.165, 1.54) is 0 Å². The predicted molar refractivity (Wildman–Crippen MR) is 72.4 cm³/mol. The van der Waals surface area contributed by atoms with Crippen LogP contribution < -0.4 is 10.2 Å². The predicted octanol–water partition coefficient (Wildman–Crippen LogP) is 2.44.